The molecule has 17 heavy (non-hydrogen) atoms. The van der Waals surface area contributed by atoms with Crippen LogP contribution in [0.15, 0.2) is 42.5 Å². The Morgan fingerprint density at radius 1 is 0.941 bits per heavy atom. The molecule has 3 heteroatoms. The summed E-state index contributed by atoms with van der Waals surface area (Å²) in [5.74, 6) is -0.937. The molecule has 0 aliphatic carbocycles. The van der Waals surface area contributed by atoms with Gasteiger partial charge in [0.2, 0.25) is 0 Å². The van der Waals surface area contributed by atoms with Gasteiger partial charge in [0.15, 0.2) is 5.78 Å². The molecule has 0 heterocycles. The van der Waals surface area contributed by atoms with Crippen molar-refractivity contribution in [3.8, 4) is 11.1 Å². The Morgan fingerprint density at radius 2 is 1.53 bits per heavy atom. The fourth-order valence-corrected chi connectivity index (χ4v) is 1.69. The van der Waals surface area contributed by atoms with Crippen molar-refractivity contribution in [3.63, 3.8) is 0 Å². The maximum Gasteiger partial charge on any atom is 0.160 e. The fourth-order valence-electron chi connectivity index (χ4n) is 1.69. The lowest BCUT2D eigenvalue weighted by Gasteiger charge is -2.07. The van der Waals surface area contributed by atoms with Crippen LogP contribution in [0.1, 0.15) is 17.3 Å². The molecule has 0 N–H and O–H groups in total. The summed E-state index contributed by atoms with van der Waals surface area (Å²) in [6, 6.07) is 9.57. The van der Waals surface area contributed by atoms with E-state index in [9.17, 15) is 13.6 Å². The van der Waals surface area contributed by atoms with Crippen molar-refractivity contribution in [2.45, 2.75) is 6.92 Å². The molecule has 0 aliphatic heterocycles. The Hall–Kier alpha value is -2.03. The Kier molecular flexibility index (Phi) is 3.00. The van der Waals surface area contributed by atoms with Gasteiger partial charge in [0, 0.05) is 5.56 Å². The van der Waals surface area contributed by atoms with Crippen LogP contribution < -0.4 is 0 Å². The standard InChI is InChI=1S/C14H10F2O/c1-9(17)13-7-6-12(16)8-14(13)10-2-4-11(15)5-3-10/h2-8H,1H3. The van der Waals surface area contributed by atoms with Crippen molar-refractivity contribution in [1.82, 2.24) is 0 Å². The number of carbonyl (C=O) groups excluding carboxylic acids is 1. The molecule has 0 fully saturated rings. The molecule has 0 bridgehead atoms. The Labute approximate surface area is 97.7 Å². The van der Waals surface area contributed by atoms with Crippen LogP contribution in [0.5, 0.6) is 0 Å². The first-order valence-corrected chi connectivity index (χ1v) is 5.14. The van der Waals surface area contributed by atoms with Crippen LogP contribution in [-0.4, -0.2) is 5.78 Å². The topological polar surface area (TPSA) is 17.1 Å². The van der Waals surface area contributed by atoms with E-state index >= 15 is 0 Å². The second kappa shape index (κ2) is 4.45. The molecular formula is C14H10F2O. The SMILES string of the molecule is CC(=O)c1ccc(F)cc1-c1ccc(F)cc1. The molecule has 0 spiro atoms. The average Bonchev–Trinajstić information content (AvgIpc) is 2.29. The average molecular weight is 232 g/mol. The Morgan fingerprint density at radius 3 is 2.12 bits per heavy atom. The zero-order chi connectivity index (χ0) is 12.4. The van der Waals surface area contributed by atoms with Gasteiger partial charge in [0.1, 0.15) is 11.6 Å². The Balaban J connectivity index is 2.60. The van der Waals surface area contributed by atoms with Crippen molar-refractivity contribution >= 4 is 5.78 Å². The van der Waals surface area contributed by atoms with Gasteiger partial charge in [-0.2, -0.15) is 0 Å². The maximum atomic E-state index is 13.2. The first-order chi connectivity index (χ1) is 8.08. The second-order valence-electron chi connectivity index (χ2n) is 3.75. The minimum atomic E-state index is -0.422. The zero-order valence-electron chi connectivity index (χ0n) is 9.21. The van der Waals surface area contributed by atoms with Crippen LogP contribution in [-0.2, 0) is 0 Å². The van der Waals surface area contributed by atoms with Crippen LogP contribution in [0.2, 0.25) is 0 Å². The van der Waals surface area contributed by atoms with Gasteiger partial charge in [-0.15, -0.1) is 0 Å². The van der Waals surface area contributed by atoms with E-state index in [0.717, 1.165) is 0 Å². The predicted octanol–water partition coefficient (Wildman–Crippen LogP) is 3.83. The summed E-state index contributed by atoms with van der Waals surface area (Å²) < 4.78 is 26.0. The van der Waals surface area contributed by atoms with Crippen molar-refractivity contribution in [1.29, 1.82) is 0 Å². The van der Waals surface area contributed by atoms with Crippen molar-refractivity contribution in [2.24, 2.45) is 0 Å². The molecule has 0 atom stereocenters. The van der Waals surface area contributed by atoms with E-state index in [0.29, 0.717) is 16.7 Å². The molecule has 2 aromatic rings. The van der Waals surface area contributed by atoms with Gasteiger partial charge >= 0.3 is 0 Å². The van der Waals surface area contributed by atoms with Gasteiger partial charge in [-0.3, -0.25) is 4.79 Å². The third-order valence-corrected chi connectivity index (χ3v) is 2.52. The van der Waals surface area contributed by atoms with E-state index in [1.165, 1.54) is 49.4 Å². The third kappa shape index (κ3) is 2.38. The van der Waals surface area contributed by atoms with Crippen molar-refractivity contribution in [3.05, 3.63) is 59.7 Å². The highest BCUT2D eigenvalue weighted by molar-refractivity contribution is 6.00. The normalized spacial score (nSPS) is 10.3. The number of rotatable bonds is 2. The van der Waals surface area contributed by atoms with Crippen LogP contribution in [0.25, 0.3) is 11.1 Å². The second-order valence-corrected chi connectivity index (χ2v) is 3.75. The lowest BCUT2D eigenvalue weighted by Crippen LogP contribution is -1.97. The van der Waals surface area contributed by atoms with E-state index in [4.69, 9.17) is 0 Å². The molecular weight excluding hydrogens is 222 g/mol. The minimum Gasteiger partial charge on any atom is -0.294 e. The van der Waals surface area contributed by atoms with Gasteiger partial charge in [0.25, 0.3) is 0 Å². The number of ketones is 1. The van der Waals surface area contributed by atoms with Gasteiger partial charge in [-0.1, -0.05) is 12.1 Å². The van der Waals surface area contributed by atoms with E-state index < -0.39 is 5.82 Å². The van der Waals surface area contributed by atoms with Gasteiger partial charge in [-0.25, -0.2) is 8.78 Å². The highest BCUT2D eigenvalue weighted by Crippen LogP contribution is 2.25. The molecule has 0 radical (unpaired) electrons. The largest absolute Gasteiger partial charge is 0.294 e. The molecule has 2 aromatic carbocycles. The third-order valence-electron chi connectivity index (χ3n) is 2.52. The molecule has 0 aliphatic rings. The van der Waals surface area contributed by atoms with Crippen LogP contribution in [0.3, 0.4) is 0 Å². The number of hydrogen-bond donors (Lipinski definition) is 0. The monoisotopic (exact) mass is 232 g/mol. The van der Waals surface area contributed by atoms with Crippen LogP contribution in [0.4, 0.5) is 8.78 Å². The first-order valence-electron chi connectivity index (χ1n) is 5.14. The summed E-state index contributed by atoms with van der Waals surface area (Å²) >= 11 is 0. The number of halogens is 2. The highest BCUT2D eigenvalue weighted by Gasteiger charge is 2.10. The maximum absolute atomic E-state index is 13.2. The summed E-state index contributed by atoms with van der Waals surface area (Å²) in [5.41, 5.74) is 1.53. The van der Waals surface area contributed by atoms with E-state index in [-0.39, 0.29) is 11.6 Å². The van der Waals surface area contributed by atoms with Crippen molar-refractivity contribution in [2.75, 3.05) is 0 Å². The summed E-state index contributed by atoms with van der Waals surface area (Å²) in [6.07, 6.45) is 0. The van der Waals surface area contributed by atoms with E-state index in [1.807, 2.05) is 0 Å². The lowest BCUT2D eigenvalue weighted by atomic mass is 9.97. The molecule has 0 amide bonds. The molecule has 0 unspecified atom stereocenters. The van der Waals surface area contributed by atoms with Gasteiger partial charge < -0.3 is 0 Å². The molecule has 1 nitrogen and oxygen atoms in total. The van der Waals surface area contributed by atoms with Gasteiger partial charge in [0.05, 0.1) is 0 Å². The number of carbonyl (C=O) groups is 1. The molecule has 86 valence electrons. The predicted molar refractivity (Wildman–Crippen MR) is 61.8 cm³/mol. The van der Waals surface area contributed by atoms with Crippen LogP contribution in [0, 0.1) is 11.6 Å². The number of benzene rings is 2. The summed E-state index contributed by atoms with van der Waals surface area (Å²) in [5, 5.41) is 0. The summed E-state index contributed by atoms with van der Waals surface area (Å²) in [7, 11) is 0. The molecule has 0 saturated heterocycles. The number of hydrogen-bond acceptors (Lipinski definition) is 1. The molecule has 0 saturated carbocycles. The highest BCUT2D eigenvalue weighted by atomic mass is 19.1. The van der Waals surface area contributed by atoms with Crippen molar-refractivity contribution < 1.29 is 13.6 Å². The van der Waals surface area contributed by atoms with E-state index in [2.05, 4.69) is 0 Å². The van der Waals surface area contributed by atoms with Gasteiger partial charge in [-0.05, 0) is 48.4 Å². The van der Waals surface area contributed by atoms with Crippen LogP contribution >= 0.6 is 0 Å². The summed E-state index contributed by atoms with van der Waals surface area (Å²) in [4.78, 5) is 11.4. The smallest absolute Gasteiger partial charge is 0.160 e. The Bertz CT molecular complexity index is 559. The summed E-state index contributed by atoms with van der Waals surface area (Å²) in [6.45, 7) is 1.42. The quantitative estimate of drug-likeness (QED) is 0.719. The minimum absolute atomic E-state index is 0.149. The van der Waals surface area contributed by atoms with E-state index in [1.54, 1.807) is 0 Å². The lowest BCUT2D eigenvalue weighted by molar-refractivity contribution is 0.101. The zero-order valence-corrected chi connectivity index (χ0v) is 9.21. The fraction of sp³-hybridized carbons (Fsp3) is 0.0714. The first kappa shape index (κ1) is 11.5. The number of Topliss-reactive ketones (excluding diaryl/α,β-unsaturated/α-hetero) is 1. The molecule has 2 rings (SSSR count). The molecule has 0 aromatic heterocycles.